The van der Waals surface area contributed by atoms with Gasteiger partial charge in [0.15, 0.2) is 0 Å². The molecule has 1 aliphatic rings. The van der Waals surface area contributed by atoms with Crippen LogP contribution in [0.4, 0.5) is 4.39 Å². The lowest BCUT2D eigenvalue weighted by Gasteiger charge is -2.16. The molecule has 1 aromatic carbocycles. The minimum absolute atomic E-state index is 0.103. The molecule has 1 aliphatic heterocycles. The van der Waals surface area contributed by atoms with Gasteiger partial charge in [0.25, 0.3) is 5.91 Å². The van der Waals surface area contributed by atoms with Gasteiger partial charge in [0.2, 0.25) is 0 Å². The van der Waals surface area contributed by atoms with E-state index in [0.29, 0.717) is 11.5 Å². The van der Waals surface area contributed by atoms with E-state index in [0.717, 1.165) is 47.1 Å². The van der Waals surface area contributed by atoms with Gasteiger partial charge in [-0.3, -0.25) is 4.79 Å². The van der Waals surface area contributed by atoms with E-state index in [1.807, 2.05) is 30.9 Å². The molecule has 2 aromatic rings. The van der Waals surface area contributed by atoms with E-state index >= 15 is 0 Å². The molecule has 23 heavy (non-hydrogen) atoms. The van der Waals surface area contributed by atoms with Gasteiger partial charge >= 0.3 is 0 Å². The molecule has 3 nitrogen and oxygen atoms in total. The maximum Gasteiger partial charge on any atom is 0.265 e. The number of aryl methyl sites for hydroxylation is 3. The number of thiazole rings is 1. The first kappa shape index (κ1) is 16.1. The summed E-state index contributed by atoms with van der Waals surface area (Å²) in [6, 6.07) is 5.30. The largest absolute Gasteiger partial charge is 0.338 e. The lowest BCUT2D eigenvalue weighted by atomic mass is 9.97. The van der Waals surface area contributed by atoms with Gasteiger partial charge in [-0.25, -0.2) is 9.37 Å². The Balaban J connectivity index is 1.65. The van der Waals surface area contributed by atoms with Crippen molar-refractivity contribution in [3.8, 4) is 0 Å². The third-order valence-electron chi connectivity index (χ3n) is 4.42. The highest BCUT2D eigenvalue weighted by Gasteiger charge is 2.29. The molecule has 1 atom stereocenters. The van der Waals surface area contributed by atoms with Crippen LogP contribution in [0.1, 0.15) is 37.9 Å². The van der Waals surface area contributed by atoms with Crippen LogP contribution >= 0.6 is 11.3 Å². The van der Waals surface area contributed by atoms with Gasteiger partial charge in [-0.05, 0) is 56.7 Å². The number of carbonyl (C=O) groups is 1. The SMILES string of the molecule is Cc1nc(C)c(C(=O)N2CCC(Cc3ccc(F)c(C)c3)C2)s1. The molecule has 1 aromatic heterocycles. The molecule has 0 N–H and O–H groups in total. The Hall–Kier alpha value is -1.75. The molecule has 3 rings (SSSR count). The van der Waals surface area contributed by atoms with Crippen LogP contribution in [-0.2, 0) is 6.42 Å². The highest BCUT2D eigenvalue weighted by Crippen LogP contribution is 2.26. The van der Waals surface area contributed by atoms with E-state index in [2.05, 4.69) is 4.98 Å². The molecule has 1 unspecified atom stereocenters. The molecule has 0 radical (unpaired) electrons. The highest BCUT2D eigenvalue weighted by molar-refractivity contribution is 7.13. The van der Waals surface area contributed by atoms with Crippen LogP contribution in [0.3, 0.4) is 0 Å². The van der Waals surface area contributed by atoms with Gasteiger partial charge < -0.3 is 4.90 Å². The maximum absolute atomic E-state index is 13.4. The highest BCUT2D eigenvalue weighted by atomic mass is 32.1. The Morgan fingerprint density at radius 2 is 2.17 bits per heavy atom. The number of amides is 1. The van der Waals surface area contributed by atoms with Crippen molar-refractivity contribution >= 4 is 17.2 Å². The predicted octanol–water partition coefficient (Wildman–Crippen LogP) is 3.91. The molecule has 0 bridgehead atoms. The maximum atomic E-state index is 13.4. The van der Waals surface area contributed by atoms with E-state index in [1.54, 1.807) is 6.92 Å². The van der Waals surface area contributed by atoms with Crippen LogP contribution in [0.2, 0.25) is 0 Å². The minimum Gasteiger partial charge on any atom is -0.338 e. The number of nitrogens with zero attached hydrogens (tertiary/aromatic N) is 2. The van der Waals surface area contributed by atoms with Crippen LogP contribution in [0.25, 0.3) is 0 Å². The van der Waals surface area contributed by atoms with Gasteiger partial charge in [-0.1, -0.05) is 12.1 Å². The van der Waals surface area contributed by atoms with Gasteiger partial charge in [-0.2, -0.15) is 0 Å². The zero-order chi connectivity index (χ0) is 16.6. The van der Waals surface area contributed by atoms with E-state index in [9.17, 15) is 9.18 Å². The summed E-state index contributed by atoms with van der Waals surface area (Å²) in [5.41, 5.74) is 2.66. The lowest BCUT2D eigenvalue weighted by Crippen LogP contribution is -2.28. The summed E-state index contributed by atoms with van der Waals surface area (Å²) < 4.78 is 13.4. The summed E-state index contributed by atoms with van der Waals surface area (Å²) >= 11 is 1.47. The molecule has 1 amide bonds. The van der Waals surface area contributed by atoms with E-state index < -0.39 is 0 Å². The quantitative estimate of drug-likeness (QED) is 0.854. The molecule has 0 aliphatic carbocycles. The average Bonchev–Trinajstić information content (AvgIpc) is 3.09. The number of rotatable bonds is 3. The Kier molecular flexibility index (Phi) is 4.48. The Morgan fingerprint density at radius 3 is 2.83 bits per heavy atom. The molecular weight excluding hydrogens is 311 g/mol. The van der Waals surface area contributed by atoms with Crippen molar-refractivity contribution in [1.29, 1.82) is 0 Å². The van der Waals surface area contributed by atoms with Crippen molar-refractivity contribution < 1.29 is 9.18 Å². The standard InChI is InChI=1S/C18H21FN2OS/c1-11-8-14(4-5-16(11)19)9-15-6-7-21(10-15)18(22)17-12(2)20-13(3)23-17/h4-5,8,15H,6-7,9-10H2,1-3H3. The molecule has 0 spiro atoms. The molecule has 0 saturated carbocycles. The smallest absolute Gasteiger partial charge is 0.265 e. The number of carbonyl (C=O) groups excluding carboxylic acids is 1. The molecule has 1 fully saturated rings. The molecule has 1 saturated heterocycles. The van der Waals surface area contributed by atoms with Crippen molar-refractivity contribution in [3.05, 3.63) is 50.7 Å². The second-order valence-corrected chi connectivity index (χ2v) is 7.54. The topological polar surface area (TPSA) is 33.2 Å². The Bertz CT molecular complexity index is 741. The monoisotopic (exact) mass is 332 g/mol. The first-order valence-corrected chi connectivity index (χ1v) is 8.74. The molecule has 5 heteroatoms. The zero-order valence-electron chi connectivity index (χ0n) is 13.7. The lowest BCUT2D eigenvalue weighted by molar-refractivity contribution is 0.0791. The summed E-state index contributed by atoms with van der Waals surface area (Å²) in [7, 11) is 0. The van der Waals surface area contributed by atoms with Crippen molar-refractivity contribution in [2.75, 3.05) is 13.1 Å². The zero-order valence-corrected chi connectivity index (χ0v) is 14.5. The van der Waals surface area contributed by atoms with Gasteiger partial charge in [0.05, 0.1) is 10.7 Å². The number of benzene rings is 1. The molecule has 122 valence electrons. The summed E-state index contributed by atoms with van der Waals surface area (Å²) in [4.78, 5) is 19.7. The van der Waals surface area contributed by atoms with Crippen LogP contribution in [0, 0.1) is 32.5 Å². The average molecular weight is 332 g/mol. The van der Waals surface area contributed by atoms with E-state index in [4.69, 9.17) is 0 Å². The van der Waals surface area contributed by atoms with E-state index in [-0.39, 0.29) is 11.7 Å². The number of halogens is 1. The summed E-state index contributed by atoms with van der Waals surface area (Å²) in [6.07, 6.45) is 1.89. The first-order valence-electron chi connectivity index (χ1n) is 7.92. The van der Waals surface area contributed by atoms with Crippen molar-refractivity contribution in [1.82, 2.24) is 9.88 Å². The first-order chi connectivity index (χ1) is 10.9. The third-order valence-corrected chi connectivity index (χ3v) is 5.48. The van der Waals surface area contributed by atoms with Gasteiger partial charge in [0.1, 0.15) is 10.7 Å². The van der Waals surface area contributed by atoms with Crippen LogP contribution in [-0.4, -0.2) is 28.9 Å². The number of hydrogen-bond acceptors (Lipinski definition) is 3. The second kappa shape index (κ2) is 6.40. The number of likely N-dealkylation sites (tertiary alicyclic amines) is 1. The fraction of sp³-hybridized carbons (Fsp3) is 0.444. The summed E-state index contributed by atoms with van der Waals surface area (Å²) in [6.45, 7) is 7.17. The second-order valence-electron chi connectivity index (χ2n) is 6.34. The molecular formula is C18H21FN2OS. The third kappa shape index (κ3) is 3.44. The number of aromatic nitrogens is 1. The summed E-state index contributed by atoms with van der Waals surface area (Å²) in [5.74, 6) is 0.386. The molecule has 2 heterocycles. The Morgan fingerprint density at radius 1 is 1.39 bits per heavy atom. The van der Waals surface area contributed by atoms with Crippen molar-refractivity contribution in [2.45, 2.75) is 33.6 Å². The Labute approximate surface area is 140 Å². The normalized spacial score (nSPS) is 17.7. The predicted molar refractivity (Wildman–Crippen MR) is 90.4 cm³/mol. The van der Waals surface area contributed by atoms with Crippen LogP contribution in [0.5, 0.6) is 0 Å². The fourth-order valence-electron chi connectivity index (χ4n) is 3.22. The fourth-order valence-corrected chi connectivity index (χ4v) is 4.11. The number of hydrogen-bond donors (Lipinski definition) is 0. The van der Waals surface area contributed by atoms with Gasteiger partial charge in [-0.15, -0.1) is 11.3 Å². The van der Waals surface area contributed by atoms with Crippen molar-refractivity contribution in [3.63, 3.8) is 0 Å². The van der Waals surface area contributed by atoms with Crippen LogP contribution < -0.4 is 0 Å². The summed E-state index contributed by atoms with van der Waals surface area (Å²) in [5, 5.41) is 0.934. The van der Waals surface area contributed by atoms with Crippen LogP contribution in [0.15, 0.2) is 18.2 Å². The van der Waals surface area contributed by atoms with E-state index in [1.165, 1.54) is 17.4 Å². The van der Waals surface area contributed by atoms with Gasteiger partial charge in [0, 0.05) is 13.1 Å². The minimum atomic E-state index is -0.159. The van der Waals surface area contributed by atoms with Crippen molar-refractivity contribution in [2.24, 2.45) is 5.92 Å².